The van der Waals surface area contributed by atoms with Crippen LogP contribution in [0.4, 0.5) is 4.39 Å². The highest BCUT2D eigenvalue weighted by atomic mass is 35.5. The van der Waals surface area contributed by atoms with E-state index in [2.05, 4.69) is 10.4 Å². The number of benzene rings is 2. The quantitative estimate of drug-likeness (QED) is 0.501. The van der Waals surface area contributed by atoms with Gasteiger partial charge in [0.05, 0.1) is 35.7 Å². The molecular formula is C25H27ClFN3O4. The van der Waals surface area contributed by atoms with Crippen molar-refractivity contribution in [3.63, 3.8) is 0 Å². The van der Waals surface area contributed by atoms with Crippen LogP contribution in [0.5, 0.6) is 0 Å². The molecule has 0 aliphatic heterocycles. The Labute approximate surface area is 202 Å². The number of aliphatic hydroxyl groups is 1. The highest BCUT2D eigenvalue weighted by molar-refractivity contribution is 6.30. The second-order valence-electron chi connectivity index (χ2n) is 8.71. The average Bonchev–Trinajstić information content (AvgIpc) is 2.76. The van der Waals surface area contributed by atoms with Gasteiger partial charge in [-0.15, -0.1) is 0 Å². The Morgan fingerprint density at radius 3 is 2.47 bits per heavy atom. The molecule has 3 aromatic rings. The lowest BCUT2D eigenvalue weighted by molar-refractivity contribution is -0.0200. The molecule has 7 nitrogen and oxygen atoms in total. The van der Waals surface area contributed by atoms with Crippen molar-refractivity contribution in [2.24, 2.45) is 0 Å². The van der Waals surface area contributed by atoms with Crippen LogP contribution in [-0.2, 0) is 4.74 Å². The Bertz CT molecular complexity index is 1220. The van der Waals surface area contributed by atoms with Gasteiger partial charge in [0, 0.05) is 10.6 Å². The Morgan fingerprint density at radius 2 is 1.88 bits per heavy atom. The summed E-state index contributed by atoms with van der Waals surface area (Å²) >= 11 is 5.99. The Hall–Kier alpha value is -3.07. The lowest BCUT2D eigenvalue weighted by Crippen LogP contribution is -2.53. The fraction of sp³-hybridized carbons (Fsp3) is 0.320. The van der Waals surface area contributed by atoms with Gasteiger partial charge in [-0.2, -0.15) is 9.78 Å². The Morgan fingerprint density at radius 1 is 1.21 bits per heavy atom. The van der Waals surface area contributed by atoms with E-state index in [1.807, 2.05) is 13.8 Å². The van der Waals surface area contributed by atoms with Gasteiger partial charge in [0.1, 0.15) is 11.4 Å². The molecule has 1 aromatic heterocycles. The van der Waals surface area contributed by atoms with Crippen LogP contribution in [0.2, 0.25) is 5.02 Å². The second-order valence-corrected chi connectivity index (χ2v) is 9.15. The van der Waals surface area contributed by atoms with Crippen molar-refractivity contribution in [2.75, 3.05) is 6.61 Å². The first-order chi connectivity index (χ1) is 16.0. The molecule has 0 aliphatic rings. The number of rotatable bonds is 8. The maximum absolute atomic E-state index is 13.9. The van der Waals surface area contributed by atoms with Gasteiger partial charge in [0.25, 0.3) is 11.5 Å². The van der Waals surface area contributed by atoms with Crippen LogP contribution in [0, 0.1) is 5.82 Å². The van der Waals surface area contributed by atoms with Crippen molar-refractivity contribution >= 4 is 17.5 Å². The van der Waals surface area contributed by atoms with Crippen LogP contribution < -0.4 is 10.9 Å². The molecule has 2 aromatic carbocycles. The number of hydrogen-bond donors (Lipinski definition) is 2. The molecule has 9 heteroatoms. The Kier molecular flexibility index (Phi) is 7.86. The predicted molar refractivity (Wildman–Crippen MR) is 129 cm³/mol. The predicted octanol–water partition coefficient (Wildman–Crippen LogP) is 3.99. The molecule has 1 amide bonds. The van der Waals surface area contributed by atoms with Crippen molar-refractivity contribution < 1.29 is 19.0 Å². The normalized spacial score (nSPS) is 12.6. The third-order valence-corrected chi connectivity index (χ3v) is 5.36. The number of carbonyl (C=O) groups excluding carboxylic acids is 1. The molecular weight excluding hydrogens is 461 g/mol. The first kappa shape index (κ1) is 25.6. The van der Waals surface area contributed by atoms with Gasteiger partial charge in [-0.3, -0.25) is 9.59 Å². The van der Waals surface area contributed by atoms with Gasteiger partial charge >= 0.3 is 0 Å². The molecule has 34 heavy (non-hydrogen) atoms. The molecule has 180 valence electrons. The van der Waals surface area contributed by atoms with Crippen molar-refractivity contribution in [1.29, 1.82) is 0 Å². The fourth-order valence-electron chi connectivity index (χ4n) is 3.15. The highest BCUT2D eigenvalue weighted by Gasteiger charge is 2.30. The van der Waals surface area contributed by atoms with E-state index in [9.17, 15) is 19.1 Å². The molecule has 0 saturated carbocycles. The summed E-state index contributed by atoms with van der Waals surface area (Å²) in [6, 6.07) is 12.6. The van der Waals surface area contributed by atoms with Crippen LogP contribution in [0.25, 0.3) is 16.9 Å². The summed E-state index contributed by atoms with van der Waals surface area (Å²) in [5.41, 5.74) is -1.20. The molecule has 0 aliphatic carbocycles. The lowest BCUT2D eigenvalue weighted by atomic mass is 9.99. The molecule has 0 bridgehead atoms. The summed E-state index contributed by atoms with van der Waals surface area (Å²) in [4.78, 5) is 26.5. The zero-order valence-corrected chi connectivity index (χ0v) is 20.1. The number of halogens is 2. The van der Waals surface area contributed by atoms with Crippen molar-refractivity contribution in [2.45, 2.75) is 45.4 Å². The van der Waals surface area contributed by atoms with E-state index in [0.29, 0.717) is 16.3 Å². The second kappa shape index (κ2) is 10.5. The van der Waals surface area contributed by atoms with Gasteiger partial charge in [-0.1, -0.05) is 29.8 Å². The number of aromatic nitrogens is 2. The van der Waals surface area contributed by atoms with Crippen LogP contribution in [0.1, 0.15) is 38.1 Å². The molecule has 1 atom stereocenters. The first-order valence-electron chi connectivity index (χ1n) is 10.8. The van der Waals surface area contributed by atoms with Crippen LogP contribution >= 0.6 is 11.6 Å². The minimum Gasteiger partial charge on any atom is -0.388 e. The molecule has 0 radical (unpaired) electrons. The summed E-state index contributed by atoms with van der Waals surface area (Å²) in [7, 11) is 0. The van der Waals surface area contributed by atoms with E-state index in [1.165, 1.54) is 24.3 Å². The van der Waals surface area contributed by atoms with E-state index >= 15 is 0 Å². The standard InChI is InChI=1S/C25H27ClFN3O4/c1-15(2)34-14-22(25(3,4)33)28-23(31)20-13-21(16-8-10-17(26)11-9-16)29-30(24(20)32)19-7-5-6-18(27)12-19/h5-13,15,22,33H,14H2,1-4H3,(H,28,31). The van der Waals surface area contributed by atoms with E-state index < -0.39 is 28.9 Å². The fourth-order valence-corrected chi connectivity index (χ4v) is 3.27. The summed E-state index contributed by atoms with van der Waals surface area (Å²) in [5, 5.41) is 18.1. The number of nitrogens with zero attached hydrogens (tertiary/aromatic N) is 2. The third-order valence-electron chi connectivity index (χ3n) is 5.10. The van der Waals surface area contributed by atoms with Gasteiger partial charge in [-0.25, -0.2) is 4.39 Å². The minimum atomic E-state index is -1.32. The van der Waals surface area contributed by atoms with Gasteiger partial charge < -0.3 is 15.2 Å². The van der Waals surface area contributed by atoms with Gasteiger partial charge in [0.15, 0.2) is 0 Å². The summed E-state index contributed by atoms with van der Waals surface area (Å²) in [5.74, 6) is -1.27. The van der Waals surface area contributed by atoms with Crippen molar-refractivity contribution in [3.05, 3.63) is 81.4 Å². The topological polar surface area (TPSA) is 93.5 Å². The molecule has 1 unspecified atom stereocenters. The number of hydrogen-bond acceptors (Lipinski definition) is 5. The first-order valence-corrected chi connectivity index (χ1v) is 11.1. The van der Waals surface area contributed by atoms with Crippen molar-refractivity contribution in [3.8, 4) is 16.9 Å². The SMILES string of the molecule is CC(C)OCC(NC(=O)c1cc(-c2ccc(Cl)cc2)nn(-c2cccc(F)c2)c1=O)C(C)(C)O. The molecule has 1 heterocycles. The summed E-state index contributed by atoms with van der Waals surface area (Å²) in [6.45, 7) is 6.79. The smallest absolute Gasteiger partial charge is 0.284 e. The van der Waals surface area contributed by atoms with E-state index in [1.54, 1.807) is 38.1 Å². The summed E-state index contributed by atoms with van der Waals surface area (Å²) in [6.07, 6.45) is -0.121. The molecule has 0 spiro atoms. The Balaban J connectivity index is 2.10. The average molecular weight is 488 g/mol. The van der Waals surface area contributed by atoms with E-state index in [0.717, 1.165) is 10.7 Å². The van der Waals surface area contributed by atoms with Crippen LogP contribution in [0.15, 0.2) is 59.4 Å². The zero-order chi connectivity index (χ0) is 25.0. The van der Waals surface area contributed by atoms with Crippen LogP contribution in [0.3, 0.4) is 0 Å². The number of nitrogens with one attached hydrogen (secondary N) is 1. The number of carbonyl (C=O) groups is 1. The largest absolute Gasteiger partial charge is 0.388 e. The number of amides is 1. The van der Waals surface area contributed by atoms with E-state index in [-0.39, 0.29) is 24.0 Å². The van der Waals surface area contributed by atoms with Gasteiger partial charge in [0.2, 0.25) is 0 Å². The maximum Gasteiger partial charge on any atom is 0.284 e. The highest BCUT2D eigenvalue weighted by Crippen LogP contribution is 2.21. The van der Waals surface area contributed by atoms with Gasteiger partial charge in [-0.05, 0) is 64.1 Å². The monoisotopic (exact) mass is 487 g/mol. The molecule has 0 saturated heterocycles. The molecule has 3 rings (SSSR count). The van der Waals surface area contributed by atoms with Crippen molar-refractivity contribution in [1.82, 2.24) is 15.1 Å². The number of ether oxygens (including phenoxy) is 1. The molecule has 2 N–H and O–H groups in total. The maximum atomic E-state index is 13.9. The minimum absolute atomic E-state index is 0.0418. The third kappa shape index (κ3) is 6.28. The lowest BCUT2D eigenvalue weighted by Gasteiger charge is -2.30. The van der Waals surface area contributed by atoms with E-state index in [4.69, 9.17) is 16.3 Å². The zero-order valence-electron chi connectivity index (χ0n) is 19.4. The molecule has 0 fully saturated rings. The summed E-state index contributed by atoms with van der Waals surface area (Å²) < 4.78 is 20.4. The van der Waals surface area contributed by atoms with Crippen LogP contribution in [-0.4, -0.2) is 45.1 Å².